The predicted molar refractivity (Wildman–Crippen MR) is 115 cm³/mol. The Morgan fingerprint density at radius 2 is 2.00 bits per heavy atom. The van der Waals surface area contributed by atoms with Crippen molar-refractivity contribution in [2.45, 2.75) is 31.5 Å². The number of ether oxygens (including phenoxy) is 1. The molecule has 3 heterocycles. The second kappa shape index (κ2) is 8.30. The number of morpholine rings is 1. The molecule has 0 aliphatic carbocycles. The fourth-order valence-corrected chi connectivity index (χ4v) is 4.53. The average Bonchev–Trinajstić information content (AvgIpc) is 3.14. The first-order chi connectivity index (χ1) is 14.0. The van der Waals surface area contributed by atoms with Gasteiger partial charge in [0.05, 0.1) is 24.5 Å². The molecule has 0 unspecified atom stereocenters. The molecular weight excluding hydrogens is 386 g/mol. The van der Waals surface area contributed by atoms with Crippen molar-refractivity contribution in [3.05, 3.63) is 35.9 Å². The van der Waals surface area contributed by atoms with E-state index in [4.69, 9.17) is 4.74 Å². The van der Waals surface area contributed by atoms with Gasteiger partial charge in [-0.15, -0.1) is 10.2 Å². The number of nitrogens with zero attached hydrogens (tertiary/aromatic N) is 4. The van der Waals surface area contributed by atoms with Crippen LogP contribution in [0, 0.1) is 6.92 Å². The van der Waals surface area contributed by atoms with Gasteiger partial charge in [0, 0.05) is 30.6 Å². The molecule has 2 aromatic heterocycles. The largest absolute Gasteiger partial charge is 0.379 e. The van der Waals surface area contributed by atoms with Gasteiger partial charge in [0.1, 0.15) is 0 Å². The van der Waals surface area contributed by atoms with E-state index >= 15 is 0 Å². The SMILES string of the molecule is Cc1cc2nnc(SCC(=O)NCC(C)(C)N3CCOCC3)n2c2ccccc12. The van der Waals surface area contributed by atoms with E-state index in [1.165, 1.54) is 22.7 Å². The third-order valence-electron chi connectivity index (χ3n) is 5.49. The molecule has 154 valence electrons. The summed E-state index contributed by atoms with van der Waals surface area (Å²) in [5.41, 5.74) is 2.93. The monoisotopic (exact) mass is 413 g/mol. The number of carbonyl (C=O) groups excluding carboxylic acids is 1. The van der Waals surface area contributed by atoms with Gasteiger partial charge in [0.15, 0.2) is 10.8 Å². The Hall–Kier alpha value is -2.16. The van der Waals surface area contributed by atoms with E-state index < -0.39 is 0 Å². The lowest BCUT2D eigenvalue weighted by Gasteiger charge is -2.40. The van der Waals surface area contributed by atoms with Crippen molar-refractivity contribution in [2.24, 2.45) is 0 Å². The van der Waals surface area contributed by atoms with E-state index in [0.717, 1.165) is 42.6 Å². The van der Waals surface area contributed by atoms with Crippen LogP contribution in [0.1, 0.15) is 19.4 Å². The van der Waals surface area contributed by atoms with Crippen LogP contribution in [0.15, 0.2) is 35.5 Å². The molecular formula is C21H27N5O2S. The maximum absolute atomic E-state index is 12.5. The van der Waals surface area contributed by atoms with E-state index in [1.54, 1.807) is 0 Å². The van der Waals surface area contributed by atoms with E-state index in [-0.39, 0.29) is 11.4 Å². The van der Waals surface area contributed by atoms with Crippen molar-refractivity contribution >= 4 is 34.2 Å². The number of hydrogen-bond acceptors (Lipinski definition) is 6. The molecule has 0 bridgehead atoms. The highest BCUT2D eigenvalue weighted by Crippen LogP contribution is 2.25. The maximum Gasteiger partial charge on any atom is 0.230 e. The van der Waals surface area contributed by atoms with Crippen molar-refractivity contribution in [2.75, 3.05) is 38.6 Å². The van der Waals surface area contributed by atoms with Gasteiger partial charge in [0.2, 0.25) is 5.91 Å². The number of amides is 1. The molecule has 0 atom stereocenters. The van der Waals surface area contributed by atoms with E-state index in [2.05, 4.69) is 53.3 Å². The van der Waals surface area contributed by atoms with Gasteiger partial charge in [-0.3, -0.25) is 14.1 Å². The van der Waals surface area contributed by atoms with E-state index in [1.807, 2.05) is 22.6 Å². The van der Waals surface area contributed by atoms with Crippen molar-refractivity contribution in [1.29, 1.82) is 0 Å². The fraction of sp³-hybridized carbons (Fsp3) is 0.476. The van der Waals surface area contributed by atoms with Crippen molar-refractivity contribution in [3.63, 3.8) is 0 Å². The molecule has 0 radical (unpaired) electrons. The van der Waals surface area contributed by atoms with Gasteiger partial charge in [-0.1, -0.05) is 30.0 Å². The lowest BCUT2D eigenvalue weighted by Crippen LogP contribution is -2.55. The Kier molecular flexibility index (Phi) is 5.76. The standard InChI is InChI=1S/C21H27N5O2S/c1-15-12-18-23-24-20(26(18)17-7-5-4-6-16(15)17)29-13-19(27)22-14-21(2,3)25-8-10-28-11-9-25/h4-7,12H,8-11,13-14H2,1-3H3,(H,22,27). The average molecular weight is 414 g/mol. The topological polar surface area (TPSA) is 71.8 Å². The number of pyridine rings is 1. The summed E-state index contributed by atoms with van der Waals surface area (Å²) in [6, 6.07) is 10.2. The molecule has 1 aliphatic rings. The van der Waals surface area contributed by atoms with Crippen molar-refractivity contribution < 1.29 is 9.53 Å². The summed E-state index contributed by atoms with van der Waals surface area (Å²) in [6.07, 6.45) is 0. The molecule has 1 fully saturated rings. The summed E-state index contributed by atoms with van der Waals surface area (Å²) in [5.74, 6) is 0.312. The quantitative estimate of drug-likeness (QED) is 0.626. The van der Waals surface area contributed by atoms with Crippen LogP contribution in [-0.2, 0) is 9.53 Å². The lowest BCUT2D eigenvalue weighted by atomic mass is 10.0. The zero-order valence-electron chi connectivity index (χ0n) is 17.1. The van der Waals surface area contributed by atoms with Crippen molar-refractivity contribution in [3.8, 4) is 0 Å². The van der Waals surface area contributed by atoms with Crippen LogP contribution in [0.4, 0.5) is 0 Å². The Balaban J connectivity index is 1.42. The number of para-hydroxylation sites is 1. The Labute approximate surface area is 174 Å². The summed E-state index contributed by atoms with van der Waals surface area (Å²) in [7, 11) is 0. The van der Waals surface area contributed by atoms with Crippen molar-refractivity contribution in [1.82, 2.24) is 24.8 Å². The van der Waals surface area contributed by atoms with Crippen LogP contribution >= 0.6 is 11.8 Å². The van der Waals surface area contributed by atoms with Gasteiger partial charge in [-0.05, 0) is 38.5 Å². The van der Waals surface area contributed by atoms with Crippen LogP contribution < -0.4 is 5.32 Å². The lowest BCUT2D eigenvalue weighted by molar-refractivity contribution is -0.119. The highest BCUT2D eigenvalue weighted by Gasteiger charge is 2.28. The Bertz CT molecular complexity index is 1030. The van der Waals surface area contributed by atoms with Gasteiger partial charge < -0.3 is 10.1 Å². The number of rotatable bonds is 6. The highest BCUT2D eigenvalue weighted by atomic mass is 32.2. The number of fused-ring (bicyclic) bond motifs is 3. The summed E-state index contributed by atoms with van der Waals surface area (Å²) in [4.78, 5) is 14.9. The summed E-state index contributed by atoms with van der Waals surface area (Å²) in [5, 5.41) is 13.6. The molecule has 1 aliphatic heterocycles. The Morgan fingerprint density at radius 3 is 2.79 bits per heavy atom. The first-order valence-corrected chi connectivity index (χ1v) is 10.9. The first-order valence-electron chi connectivity index (χ1n) is 9.91. The van der Waals surface area contributed by atoms with Crippen LogP contribution in [0.3, 0.4) is 0 Å². The molecule has 0 spiro atoms. The minimum absolute atomic E-state index is 0.00417. The molecule has 1 amide bonds. The summed E-state index contributed by atoms with van der Waals surface area (Å²) < 4.78 is 7.45. The molecule has 1 aromatic carbocycles. The second-order valence-electron chi connectivity index (χ2n) is 8.00. The summed E-state index contributed by atoms with van der Waals surface area (Å²) >= 11 is 1.42. The van der Waals surface area contributed by atoms with Crippen LogP contribution in [-0.4, -0.2) is 69.5 Å². The van der Waals surface area contributed by atoms with Crippen LogP contribution in [0.2, 0.25) is 0 Å². The fourth-order valence-electron chi connectivity index (χ4n) is 3.74. The number of hydrogen-bond donors (Lipinski definition) is 1. The third kappa shape index (κ3) is 4.24. The molecule has 3 aromatic rings. The van der Waals surface area contributed by atoms with Crippen LogP contribution in [0.25, 0.3) is 16.6 Å². The smallest absolute Gasteiger partial charge is 0.230 e. The molecule has 8 heteroatoms. The zero-order chi connectivity index (χ0) is 20.4. The van der Waals surface area contributed by atoms with Gasteiger partial charge in [0.25, 0.3) is 0 Å². The molecule has 1 N–H and O–H groups in total. The van der Waals surface area contributed by atoms with Crippen LogP contribution in [0.5, 0.6) is 0 Å². The van der Waals surface area contributed by atoms with Gasteiger partial charge in [-0.2, -0.15) is 0 Å². The predicted octanol–water partition coefficient (Wildman–Crippen LogP) is 2.51. The van der Waals surface area contributed by atoms with E-state index in [0.29, 0.717) is 12.3 Å². The van der Waals surface area contributed by atoms with Gasteiger partial charge >= 0.3 is 0 Å². The number of benzene rings is 1. The van der Waals surface area contributed by atoms with Gasteiger partial charge in [-0.25, -0.2) is 0 Å². The summed E-state index contributed by atoms with van der Waals surface area (Å²) in [6.45, 7) is 10.3. The molecule has 29 heavy (non-hydrogen) atoms. The molecule has 1 saturated heterocycles. The Morgan fingerprint density at radius 1 is 1.24 bits per heavy atom. The zero-order valence-corrected chi connectivity index (χ0v) is 18.0. The highest BCUT2D eigenvalue weighted by molar-refractivity contribution is 7.99. The third-order valence-corrected chi connectivity index (χ3v) is 6.42. The number of aromatic nitrogens is 3. The first kappa shape index (κ1) is 20.1. The van der Waals surface area contributed by atoms with E-state index in [9.17, 15) is 4.79 Å². The second-order valence-corrected chi connectivity index (χ2v) is 8.94. The molecule has 0 saturated carbocycles. The molecule has 7 nitrogen and oxygen atoms in total. The minimum Gasteiger partial charge on any atom is -0.379 e. The minimum atomic E-state index is -0.0978. The number of carbonyl (C=O) groups is 1. The molecule has 4 rings (SSSR count). The maximum atomic E-state index is 12.5. The normalized spacial score (nSPS) is 15.8. The number of thioether (sulfide) groups is 1. The number of nitrogens with one attached hydrogen (secondary N) is 1. The number of aryl methyl sites for hydroxylation is 1.